The van der Waals surface area contributed by atoms with Crippen LogP contribution in [0.5, 0.6) is 0 Å². The summed E-state index contributed by atoms with van der Waals surface area (Å²) in [5.74, 6) is -0.425. The van der Waals surface area contributed by atoms with E-state index in [2.05, 4.69) is 0 Å². The zero-order valence-corrected chi connectivity index (χ0v) is 10.9. The van der Waals surface area contributed by atoms with Crippen molar-refractivity contribution in [1.29, 1.82) is 0 Å². The van der Waals surface area contributed by atoms with Gasteiger partial charge in [0, 0.05) is 6.61 Å². The second-order valence-corrected chi connectivity index (χ2v) is 5.37. The monoisotopic (exact) mass is 242 g/mol. The zero-order chi connectivity index (χ0) is 12.7. The van der Waals surface area contributed by atoms with E-state index in [0.717, 1.165) is 19.4 Å². The molecular formula is C13H26N2O2. The number of carbonyl (C=O) groups is 1. The van der Waals surface area contributed by atoms with Crippen LogP contribution in [0.1, 0.15) is 58.3 Å². The average molecular weight is 242 g/mol. The number of carbonyl (C=O) groups excluding carboxylic acids is 1. The Hall–Kier alpha value is -0.610. The number of amides is 1. The van der Waals surface area contributed by atoms with Crippen LogP contribution in [0.2, 0.25) is 0 Å². The Bertz CT molecular complexity index is 236. The molecule has 0 radical (unpaired) electrons. The summed E-state index contributed by atoms with van der Waals surface area (Å²) in [6.45, 7) is 2.47. The zero-order valence-electron chi connectivity index (χ0n) is 10.9. The van der Waals surface area contributed by atoms with Gasteiger partial charge in [-0.1, -0.05) is 19.3 Å². The SMILES string of the molecule is CC(N)(CCCCOC1CCCCC1)C(N)=O. The predicted octanol–water partition coefficient (Wildman–Crippen LogP) is 1.71. The number of ether oxygens (including phenoxy) is 1. The third-order valence-electron chi connectivity index (χ3n) is 3.56. The van der Waals surface area contributed by atoms with Gasteiger partial charge in [0.15, 0.2) is 0 Å². The van der Waals surface area contributed by atoms with Crippen LogP contribution < -0.4 is 11.5 Å². The fourth-order valence-electron chi connectivity index (χ4n) is 2.20. The first-order valence-electron chi connectivity index (χ1n) is 6.73. The van der Waals surface area contributed by atoms with Crippen LogP contribution >= 0.6 is 0 Å². The van der Waals surface area contributed by atoms with E-state index in [4.69, 9.17) is 16.2 Å². The molecule has 4 heteroatoms. The van der Waals surface area contributed by atoms with Crippen molar-refractivity contribution in [2.75, 3.05) is 6.61 Å². The molecule has 1 unspecified atom stereocenters. The Morgan fingerprint density at radius 3 is 2.53 bits per heavy atom. The van der Waals surface area contributed by atoms with E-state index in [-0.39, 0.29) is 0 Å². The van der Waals surface area contributed by atoms with Gasteiger partial charge in [-0.3, -0.25) is 4.79 Å². The number of primary amides is 1. The van der Waals surface area contributed by atoms with E-state index in [1.165, 1.54) is 32.1 Å². The van der Waals surface area contributed by atoms with Crippen molar-refractivity contribution >= 4 is 5.91 Å². The Morgan fingerprint density at radius 1 is 1.29 bits per heavy atom. The van der Waals surface area contributed by atoms with Crippen LogP contribution in [-0.4, -0.2) is 24.2 Å². The van der Waals surface area contributed by atoms with Crippen LogP contribution in [-0.2, 0) is 9.53 Å². The minimum atomic E-state index is -0.870. The molecule has 1 saturated carbocycles. The van der Waals surface area contributed by atoms with Gasteiger partial charge in [-0.25, -0.2) is 0 Å². The highest BCUT2D eigenvalue weighted by Crippen LogP contribution is 2.20. The molecule has 0 aromatic heterocycles. The molecule has 1 amide bonds. The maximum Gasteiger partial charge on any atom is 0.237 e. The minimum absolute atomic E-state index is 0.425. The minimum Gasteiger partial charge on any atom is -0.378 e. The second-order valence-electron chi connectivity index (χ2n) is 5.37. The molecule has 4 nitrogen and oxygen atoms in total. The molecule has 0 heterocycles. The van der Waals surface area contributed by atoms with Crippen LogP contribution in [0.4, 0.5) is 0 Å². The van der Waals surface area contributed by atoms with Gasteiger partial charge in [-0.15, -0.1) is 0 Å². The fraction of sp³-hybridized carbons (Fsp3) is 0.923. The van der Waals surface area contributed by atoms with Crippen LogP contribution in [0, 0.1) is 0 Å². The highest BCUT2D eigenvalue weighted by Gasteiger charge is 2.24. The fourth-order valence-corrected chi connectivity index (χ4v) is 2.20. The van der Waals surface area contributed by atoms with E-state index in [1.807, 2.05) is 0 Å². The maximum atomic E-state index is 11.0. The van der Waals surface area contributed by atoms with Crippen molar-refractivity contribution in [3.63, 3.8) is 0 Å². The predicted molar refractivity (Wildman–Crippen MR) is 68.5 cm³/mol. The molecule has 0 saturated heterocycles. The lowest BCUT2D eigenvalue weighted by molar-refractivity contribution is -0.122. The molecule has 1 fully saturated rings. The molecule has 100 valence electrons. The second kappa shape index (κ2) is 6.97. The number of rotatable bonds is 7. The summed E-state index contributed by atoms with van der Waals surface area (Å²) in [6, 6.07) is 0. The van der Waals surface area contributed by atoms with Gasteiger partial charge in [-0.05, 0) is 39.0 Å². The Morgan fingerprint density at radius 2 is 1.94 bits per heavy atom. The van der Waals surface area contributed by atoms with Gasteiger partial charge in [0.25, 0.3) is 0 Å². The summed E-state index contributed by atoms with van der Waals surface area (Å²) >= 11 is 0. The standard InChI is InChI=1S/C13H26N2O2/c1-13(15,12(14)16)9-5-6-10-17-11-7-3-2-4-8-11/h11H,2-10,15H2,1H3,(H2,14,16). The molecule has 0 aliphatic heterocycles. The van der Waals surface area contributed by atoms with Crippen molar-refractivity contribution in [3.8, 4) is 0 Å². The summed E-state index contributed by atoms with van der Waals surface area (Å²) in [6.07, 6.45) is 9.30. The number of hydrogen-bond donors (Lipinski definition) is 2. The molecule has 1 atom stereocenters. The molecular weight excluding hydrogens is 216 g/mol. The highest BCUT2D eigenvalue weighted by molar-refractivity contribution is 5.83. The van der Waals surface area contributed by atoms with Gasteiger partial charge in [0.2, 0.25) is 5.91 Å². The Kier molecular flexibility index (Phi) is 5.92. The van der Waals surface area contributed by atoms with Gasteiger partial charge in [-0.2, -0.15) is 0 Å². The smallest absolute Gasteiger partial charge is 0.237 e. The molecule has 0 aromatic rings. The van der Waals surface area contributed by atoms with Gasteiger partial charge in [0.1, 0.15) is 0 Å². The summed E-state index contributed by atoms with van der Waals surface area (Å²) in [5, 5.41) is 0. The van der Waals surface area contributed by atoms with Gasteiger partial charge < -0.3 is 16.2 Å². The van der Waals surface area contributed by atoms with E-state index >= 15 is 0 Å². The van der Waals surface area contributed by atoms with Crippen molar-refractivity contribution in [3.05, 3.63) is 0 Å². The van der Waals surface area contributed by atoms with Crippen LogP contribution in [0.3, 0.4) is 0 Å². The lowest BCUT2D eigenvalue weighted by Gasteiger charge is -2.23. The summed E-state index contributed by atoms with van der Waals surface area (Å²) in [4.78, 5) is 11.0. The lowest BCUT2D eigenvalue weighted by Crippen LogP contribution is -2.49. The highest BCUT2D eigenvalue weighted by atomic mass is 16.5. The van der Waals surface area contributed by atoms with E-state index in [0.29, 0.717) is 12.5 Å². The molecule has 17 heavy (non-hydrogen) atoms. The molecule has 1 aliphatic rings. The van der Waals surface area contributed by atoms with Gasteiger partial charge in [0.05, 0.1) is 11.6 Å². The normalized spacial score (nSPS) is 21.1. The first kappa shape index (κ1) is 14.5. The van der Waals surface area contributed by atoms with Crippen molar-refractivity contribution < 1.29 is 9.53 Å². The summed E-state index contributed by atoms with van der Waals surface area (Å²) in [7, 11) is 0. The molecule has 0 spiro atoms. The van der Waals surface area contributed by atoms with Crippen LogP contribution in [0.25, 0.3) is 0 Å². The van der Waals surface area contributed by atoms with E-state index < -0.39 is 11.4 Å². The average Bonchev–Trinajstić information content (AvgIpc) is 2.29. The first-order valence-corrected chi connectivity index (χ1v) is 6.73. The number of nitrogens with two attached hydrogens (primary N) is 2. The number of unbranched alkanes of at least 4 members (excludes halogenated alkanes) is 1. The Labute approximate surface area is 104 Å². The molecule has 1 aliphatic carbocycles. The van der Waals surface area contributed by atoms with Crippen LogP contribution in [0.15, 0.2) is 0 Å². The van der Waals surface area contributed by atoms with Crippen molar-refractivity contribution in [2.24, 2.45) is 11.5 Å². The van der Waals surface area contributed by atoms with Crippen molar-refractivity contribution in [1.82, 2.24) is 0 Å². The summed E-state index contributed by atoms with van der Waals surface area (Å²) < 4.78 is 5.80. The summed E-state index contributed by atoms with van der Waals surface area (Å²) in [5.41, 5.74) is 10.1. The third kappa shape index (κ3) is 5.50. The largest absolute Gasteiger partial charge is 0.378 e. The lowest BCUT2D eigenvalue weighted by atomic mass is 9.95. The quantitative estimate of drug-likeness (QED) is 0.667. The molecule has 1 rings (SSSR count). The molecule has 0 aromatic carbocycles. The maximum absolute atomic E-state index is 11.0. The van der Waals surface area contributed by atoms with Gasteiger partial charge >= 0.3 is 0 Å². The topological polar surface area (TPSA) is 78.3 Å². The molecule has 0 bridgehead atoms. The Balaban J connectivity index is 2.02. The van der Waals surface area contributed by atoms with E-state index in [9.17, 15) is 4.79 Å². The third-order valence-corrected chi connectivity index (χ3v) is 3.56. The van der Waals surface area contributed by atoms with Crippen molar-refractivity contribution in [2.45, 2.75) is 69.9 Å². The first-order chi connectivity index (χ1) is 8.02. The molecule has 4 N–H and O–H groups in total. The number of hydrogen-bond acceptors (Lipinski definition) is 3. The van der Waals surface area contributed by atoms with E-state index in [1.54, 1.807) is 6.92 Å².